The van der Waals surface area contributed by atoms with Gasteiger partial charge in [0.15, 0.2) is 5.60 Å². The third-order valence-corrected chi connectivity index (χ3v) is 2.65. The predicted octanol–water partition coefficient (Wildman–Crippen LogP) is 0.543. The van der Waals surface area contributed by atoms with E-state index in [0.717, 1.165) is 0 Å². The summed E-state index contributed by atoms with van der Waals surface area (Å²) in [4.78, 5) is 11.1. The lowest BCUT2D eigenvalue weighted by Gasteiger charge is -2.20. The number of amides is 1. The van der Waals surface area contributed by atoms with Crippen LogP contribution in [0.15, 0.2) is 11.5 Å². The molecule has 1 aromatic heterocycles. The number of nitrogens with two attached hydrogens (primary N) is 1. The van der Waals surface area contributed by atoms with Crippen molar-refractivity contribution in [2.45, 2.75) is 18.9 Å². The number of aromatic nitrogens is 2. The van der Waals surface area contributed by atoms with Gasteiger partial charge >= 0.3 is 0 Å². The van der Waals surface area contributed by atoms with Crippen LogP contribution in [0.4, 0.5) is 0 Å². The van der Waals surface area contributed by atoms with E-state index in [-0.39, 0.29) is 0 Å². The maximum Gasteiger partial charge on any atom is 0.261 e. The number of ether oxygens (including phenoxy) is 1. The van der Waals surface area contributed by atoms with E-state index in [4.69, 9.17) is 10.5 Å². The van der Waals surface area contributed by atoms with Crippen molar-refractivity contribution in [3.63, 3.8) is 0 Å². The Morgan fingerprint density at radius 2 is 2.57 bits per heavy atom. The second-order valence-corrected chi connectivity index (χ2v) is 3.87. The van der Waals surface area contributed by atoms with Crippen LogP contribution in [0.1, 0.15) is 19.0 Å². The highest BCUT2D eigenvalue weighted by Crippen LogP contribution is 2.32. The number of rotatable bonds is 2. The highest BCUT2D eigenvalue weighted by molar-refractivity contribution is 7.03. The molecule has 0 spiro atoms. The molecule has 1 aliphatic heterocycles. The summed E-state index contributed by atoms with van der Waals surface area (Å²) in [7, 11) is 0. The zero-order valence-corrected chi connectivity index (χ0v) is 8.37. The number of carbonyl (C=O) groups excluding carboxylic acids is 1. The summed E-state index contributed by atoms with van der Waals surface area (Å²) in [5, 5.41) is 5.61. The molecular weight excluding hydrogens is 202 g/mol. The molecule has 14 heavy (non-hydrogen) atoms. The number of carbonyl (C=O) groups is 1. The quantitative estimate of drug-likeness (QED) is 0.774. The molecule has 0 aliphatic carbocycles. The van der Waals surface area contributed by atoms with Crippen LogP contribution in [0.5, 0.6) is 0 Å². The van der Waals surface area contributed by atoms with Crippen LogP contribution >= 0.6 is 11.5 Å². The van der Waals surface area contributed by atoms with Crippen LogP contribution in [-0.4, -0.2) is 21.1 Å². The minimum Gasteiger partial charge on any atom is -0.475 e. The van der Waals surface area contributed by atoms with Gasteiger partial charge in [-0.1, -0.05) is 4.49 Å². The van der Waals surface area contributed by atoms with Gasteiger partial charge in [0.25, 0.3) is 5.91 Å². The fraction of sp³-hybridized carbons (Fsp3) is 0.375. The molecule has 2 N–H and O–H groups in total. The lowest BCUT2D eigenvalue weighted by molar-refractivity contribution is -0.132. The maximum absolute atomic E-state index is 11.1. The van der Waals surface area contributed by atoms with Crippen LogP contribution < -0.4 is 5.73 Å². The molecule has 74 valence electrons. The van der Waals surface area contributed by atoms with E-state index in [9.17, 15) is 4.79 Å². The first-order valence-electron chi connectivity index (χ1n) is 4.08. The molecule has 1 atom stereocenters. The monoisotopic (exact) mass is 211 g/mol. The van der Waals surface area contributed by atoms with Crippen LogP contribution in [0.25, 0.3) is 5.76 Å². The predicted molar refractivity (Wildman–Crippen MR) is 51.2 cm³/mol. The van der Waals surface area contributed by atoms with Crippen molar-refractivity contribution >= 4 is 23.2 Å². The summed E-state index contributed by atoms with van der Waals surface area (Å²) >= 11 is 1.24. The first-order valence-corrected chi connectivity index (χ1v) is 4.92. The molecule has 2 rings (SSSR count). The standard InChI is InChI=1S/C8H9N3O2S/c1-8(7(9)12)3-2-6(13-8)5-4-14-11-10-5/h2,4H,3H2,1H3,(H2,9,12). The highest BCUT2D eigenvalue weighted by atomic mass is 32.1. The summed E-state index contributed by atoms with van der Waals surface area (Å²) < 4.78 is 9.16. The molecule has 0 bridgehead atoms. The Morgan fingerprint density at radius 1 is 1.79 bits per heavy atom. The number of primary amides is 1. The zero-order valence-electron chi connectivity index (χ0n) is 7.56. The Kier molecular flexibility index (Phi) is 1.99. The number of hydrogen-bond acceptors (Lipinski definition) is 5. The maximum atomic E-state index is 11.1. The number of nitrogens with zero attached hydrogens (tertiary/aromatic N) is 2. The van der Waals surface area contributed by atoms with E-state index in [1.807, 2.05) is 6.08 Å². The van der Waals surface area contributed by atoms with Crippen molar-refractivity contribution in [3.8, 4) is 0 Å². The van der Waals surface area contributed by atoms with Gasteiger partial charge in [0.05, 0.1) is 0 Å². The van der Waals surface area contributed by atoms with Crippen LogP contribution in [0.3, 0.4) is 0 Å². The molecule has 0 saturated heterocycles. The molecule has 1 unspecified atom stereocenters. The average Bonchev–Trinajstić information content (AvgIpc) is 2.72. The second-order valence-electron chi connectivity index (χ2n) is 3.26. The SMILES string of the molecule is CC1(C(N)=O)CC=C(c2csnn2)O1. The van der Waals surface area contributed by atoms with Crippen molar-refractivity contribution in [2.75, 3.05) is 0 Å². The van der Waals surface area contributed by atoms with E-state index in [2.05, 4.69) is 9.59 Å². The molecule has 0 saturated carbocycles. The highest BCUT2D eigenvalue weighted by Gasteiger charge is 2.38. The van der Waals surface area contributed by atoms with Crippen molar-refractivity contribution in [1.82, 2.24) is 9.59 Å². The van der Waals surface area contributed by atoms with E-state index < -0.39 is 11.5 Å². The van der Waals surface area contributed by atoms with E-state index in [0.29, 0.717) is 17.9 Å². The Morgan fingerprint density at radius 3 is 3.07 bits per heavy atom. The molecule has 1 amide bonds. The fourth-order valence-corrected chi connectivity index (χ4v) is 1.64. The lowest BCUT2D eigenvalue weighted by atomic mass is 10.0. The van der Waals surface area contributed by atoms with Gasteiger partial charge in [-0.2, -0.15) is 0 Å². The van der Waals surface area contributed by atoms with Crippen molar-refractivity contribution in [1.29, 1.82) is 0 Å². The van der Waals surface area contributed by atoms with Crippen LogP contribution in [-0.2, 0) is 9.53 Å². The van der Waals surface area contributed by atoms with Gasteiger partial charge in [-0.15, -0.1) is 5.10 Å². The van der Waals surface area contributed by atoms with E-state index in [1.54, 1.807) is 12.3 Å². The van der Waals surface area contributed by atoms with Gasteiger partial charge in [0.2, 0.25) is 0 Å². The fourth-order valence-electron chi connectivity index (χ4n) is 1.19. The zero-order chi connectivity index (χ0) is 10.2. The average molecular weight is 211 g/mol. The normalized spacial score (nSPS) is 25.6. The number of hydrogen-bond donors (Lipinski definition) is 1. The van der Waals surface area contributed by atoms with Crippen molar-refractivity contribution < 1.29 is 9.53 Å². The molecule has 1 aliphatic rings. The first kappa shape index (κ1) is 9.14. The summed E-state index contributed by atoms with van der Waals surface area (Å²) in [6.07, 6.45) is 2.29. The first-order chi connectivity index (χ1) is 6.62. The Bertz CT molecular complexity index is 387. The summed E-state index contributed by atoms with van der Waals surface area (Å²) in [6.45, 7) is 1.67. The summed E-state index contributed by atoms with van der Waals surface area (Å²) in [6, 6.07) is 0. The van der Waals surface area contributed by atoms with E-state index >= 15 is 0 Å². The molecule has 1 aromatic rings. The lowest BCUT2D eigenvalue weighted by Crippen LogP contribution is -2.40. The van der Waals surface area contributed by atoms with Gasteiger partial charge in [0, 0.05) is 11.8 Å². The minimum absolute atomic E-state index is 0.466. The van der Waals surface area contributed by atoms with Gasteiger partial charge in [0.1, 0.15) is 11.5 Å². The third kappa shape index (κ3) is 1.37. The molecule has 2 heterocycles. The molecule has 0 fully saturated rings. The summed E-state index contributed by atoms with van der Waals surface area (Å²) in [5.74, 6) is 0.118. The third-order valence-electron chi connectivity index (χ3n) is 2.15. The largest absolute Gasteiger partial charge is 0.475 e. The van der Waals surface area contributed by atoms with Gasteiger partial charge in [-0.3, -0.25) is 4.79 Å². The van der Waals surface area contributed by atoms with Gasteiger partial charge < -0.3 is 10.5 Å². The topological polar surface area (TPSA) is 78.1 Å². The van der Waals surface area contributed by atoms with E-state index in [1.165, 1.54) is 11.5 Å². The summed E-state index contributed by atoms with van der Waals surface area (Å²) in [5.41, 5.74) is 4.94. The Labute approximate surface area is 84.7 Å². The van der Waals surface area contributed by atoms with Gasteiger partial charge in [-0.05, 0) is 24.5 Å². The van der Waals surface area contributed by atoms with Crippen LogP contribution in [0, 0.1) is 0 Å². The van der Waals surface area contributed by atoms with Crippen molar-refractivity contribution in [2.24, 2.45) is 5.73 Å². The van der Waals surface area contributed by atoms with Gasteiger partial charge in [-0.25, -0.2) is 0 Å². The van der Waals surface area contributed by atoms with Crippen molar-refractivity contribution in [3.05, 3.63) is 17.2 Å². The minimum atomic E-state index is -0.932. The molecule has 0 aromatic carbocycles. The molecule has 6 heteroatoms. The second kappa shape index (κ2) is 3.06. The van der Waals surface area contributed by atoms with Crippen LogP contribution in [0.2, 0.25) is 0 Å². The Hall–Kier alpha value is -1.43. The Balaban J connectivity index is 2.19. The molecule has 5 nitrogen and oxygen atoms in total. The smallest absolute Gasteiger partial charge is 0.261 e. The molecule has 0 radical (unpaired) electrons. The molecular formula is C8H9N3O2S.